The normalized spacial score (nSPS) is 10.9. The van der Waals surface area contributed by atoms with Gasteiger partial charge in [-0.15, -0.1) is 0 Å². The van der Waals surface area contributed by atoms with Crippen LogP contribution in [-0.2, 0) is 11.8 Å². The number of nitrogens with zero attached hydrogens (tertiary/aromatic N) is 2. The topological polar surface area (TPSA) is 57.3 Å². The average molecular weight is 270 g/mol. The quantitative estimate of drug-likeness (QED) is 0.672. The van der Waals surface area contributed by atoms with Gasteiger partial charge in [-0.3, -0.25) is 0 Å². The molecule has 3 rings (SSSR count). The van der Waals surface area contributed by atoms with Crippen molar-refractivity contribution in [2.75, 3.05) is 7.11 Å². The van der Waals surface area contributed by atoms with Crippen LogP contribution in [0.5, 0.6) is 0 Å². The van der Waals surface area contributed by atoms with Crippen LogP contribution in [0.2, 0.25) is 0 Å². The van der Waals surface area contributed by atoms with E-state index in [1.54, 1.807) is 6.92 Å². The van der Waals surface area contributed by atoms with Gasteiger partial charge in [0.2, 0.25) is 0 Å². The molecule has 0 unspecified atom stereocenters. The second-order valence-corrected chi connectivity index (χ2v) is 4.55. The third-order valence-corrected chi connectivity index (χ3v) is 3.30. The lowest BCUT2D eigenvalue weighted by Gasteiger charge is -2.02. The molecule has 1 aromatic carbocycles. The highest BCUT2D eigenvalue weighted by atomic mass is 16.5. The second kappa shape index (κ2) is 4.52. The van der Waals surface area contributed by atoms with E-state index >= 15 is 0 Å². The van der Waals surface area contributed by atoms with Gasteiger partial charge in [0.15, 0.2) is 17.3 Å². The molecule has 2 aromatic heterocycles. The zero-order valence-corrected chi connectivity index (χ0v) is 11.5. The van der Waals surface area contributed by atoms with Crippen LogP contribution in [0.4, 0.5) is 0 Å². The molecule has 5 heteroatoms. The van der Waals surface area contributed by atoms with Crippen molar-refractivity contribution >= 4 is 16.9 Å². The van der Waals surface area contributed by atoms with E-state index in [1.165, 1.54) is 7.11 Å². The molecule has 0 aliphatic rings. The molecule has 0 aliphatic carbocycles. The Morgan fingerprint density at radius 3 is 2.80 bits per heavy atom. The van der Waals surface area contributed by atoms with Gasteiger partial charge >= 0.3 is 5.97 Å². The first kappa shape index (κ1) is 12.5. The standard InChI is InChI=1S/C15H14N2O3/c1-9-16-13(15(18)19-3)14(20-9)12-8-10-6-4-5-7-11(10)17(12)2/h4-8H,1-3H3. The fourth-order valence-corrected chi connectivity index (χ4v) is 2.34. The van der Waals surface area contributed by atoms with E-state index in [1.807, 2.05) is 41.9 Å². The molecule has 0 saturated carbocycles. The summed E-state index contributed by atoms with van der Waals surface area (Å²) in [4.78, 5) is 15.9. The molecule has 0 aliphatic heterocycles. The number of oxazole rings is 1. The van der Waals surface area contributed by atoms with Crippen LogP contribution < -0.4 is 0 Å². The maximum absolute atomic E-state index is 11.8. The van der Waals surface area contributed by atoms with Gasteiger partial charge < -0.3 is 13.7 Å². The van der Waals surface area contributed by atoms with Crippen LogP contribution in [-0.4, -0.2) is 22.6 Å². The van der Waals surface area contributed by atoms with Gasteiger partial charge in [0.1, 0.15) is 0 Å². The number of esters is 1. The highest BCUT2D eigenvalue weighted by Gasteiger charge is 2.23. The van der Waals surface area contributed by atoms with E-state index < -0.39 is 5.97 Å². The number of para-hydroxylation sites is 1. The number of carbonyl (C=O) groups is 1. The van der Waals surface area contributed by atoms with Crippen molar-refractivity contribution in [3.8, 4) is 11.5 Å². The number of ether oxygens (including phenoxy) is 1. The van der Waals surface area contributed by atoms with E-state index in [0.29, 0.717) is 11.7 Å². The molecule has 0 saturated heterocycles. The summed E-state index contributed by atoms with van der Waals surface area (Å²) in [5, 5.41) is 1.08. The molecule has 0 radical (unpaired) electrons. The van der Waals surface area contributed by atoms with Crippen molar-refractivity contribution < 1.29 is 13.9 Å². The average Bonchev–Trinajstić information content (AvgIpc) is 2.99. The molecule has 0 atom stereocenters. The largest absolute Gasteiger partial charge is 0.464 e. The van der Waals surface area contributed by atoms with E-state index in [2.05, 4.69) is 4.98 Å². The van der Waals surface area contributed by atoms with Gasteiger partial charge in [-0.2, -0.15) is 0 Å². The molecular formula is C15H14N2O3. The summed E-state index contributed by atoms with van der Waals surface area (Å²) in [6.45, 7) is 1.71. The molecule has 2 heterocycles. The Bertz CT molecular complexity index is 799. The van der Waals surface area contributed by atoms with Crippen molar-refractivity contribution in [3.63, 3.8) is 0 Å². The molecule has 3 aromatic rings. The number of fused-ring (bicyclic) bond motifs is 1. The van der Waals surface area contributed by atoms with Gasteiger partial charge in [0.05, 0.1) is 12.8 Å². The minimum atomic E-state index is -0.498. The first-order valence-corrected chi connectivity index (χ1v) is 6.22. The van der Waals surface area contributed by atoms with Crippen LogP contribution in [0.25, 0.3) is 22.4 Å². The van der Waals surface area contributed by atoms with Crippen LogP contribution in [0.15, 0.2) is 34.7 Å². The minimum absolute atomic E-state index is 0.205. The first-order chi connectivity index (χ1) is 9.61. The van der Waals surface area contributed by atoms with Crippen molar-refractivity contribution in [2.24, 2.45) is 7.05 Å². The Labute approximate surface area is 115 Å². The van der Waals surface area contributed by atoms with E-state index in [-0.39, 0.29) is 5.69 Å². The number of carbonyl (C=O) groups excluding carboxylic acids is 1. The van der Waals surface area contributed by atoms with E-state index in [4.69, 9.17) is 9.15 Å². The molecule has 0 bridgehead atoms. The Morgan fingerprint density at radius 2 is 2.10 bits per heavy atom. The van der Waals surface area contributed by atoms with Gasteiger partial charge in [-0.25, -0.2) is 9.78 Å². The Morgan fingerprint density at radius 1 is 1.35 bits per heavy atom. The summed E-state index contributed by atoms with van der Waals surface area (Å²) >= 11 is 0. The maximum Gasteiger partial charge on any atom is 0.360 e. The summed E-state index contributed by atoms with van der Waals surface area (Å²) in [5.74, 6) is 0.376. The lowest BCUT2D eigenvalue weighted by atomic mass is 10.2. The summed E-state index contributed by atoms with van der Waals surface area (Å²) in [6.07, 6.45) is 0. The lowest BCUT2D eigenvalue weighted by Crippen LogP contribution is -2.04. The van der Waals surface area contributed by atoms with Crippen LogP contribution in [0.1, 0.15) is 16.4 Å². The highest BCUT2D eigenvalue weighted by Crippen LogP contribution is 2.30. The van der Waals surface area contributed by atoms with Gasteiger partial charge in [0.25, 0.3) is 0 Å². The minimum Gasteiger partial charge on any atom is -0.464 e. The van der Waals surface area contributed by atoms with E-state index in [0.717, 1.165) is 16.6 Å². The smallest absolute Gasteiger partial charge is 0.360 e. The summed E-state index contributed by atoms with van der Waals surface area (Å²) < 4.78 is 12.3. The molecule has 0 fully saturated rings. The third kappa shape index (κ3) is 1.79. The van der Waals surface area contributed by atoms with Gasteiger partial charge in [-0.1, -0.05) is 18.2 Å². The predicted octanol–water partition coefficient (Wildman–Crippen LogP) is 2.93. The molecule has 0 amide bonds. The lowest BCUT2D eigenvalue weighted by molar-refractivity contribution is 0.0595. The number of methoxy groups -OCH3 is 1. The Balaban J connectivity index is 2.26. The van der Waals surface area contributed by atoms with Crippen molar-refractivity contribution in [3.05, 3.63) is 41.9 Å². The van der Waals surface area contributed by atoms with Crippen molar-refractivity contribution in [1.82, 2.24) is 9.55 Å². The van der Waals surface area contributed by atoms with Crippen LogP contribution in [0, 0.1) is 6.92 Å². The number of aromatic nitrogens is 2. The SMILES string of the molecule is COC(=O)c1nc(C)oc1-c1cc2ccccc2n1C. The third-order valence-electron chi connectivity index (χ3n) is 3.30. The fraction of sp³-hybridized carbons (Fsp3) is 0.200. The molecule has 0 spiro atoms. The fourth-order valence-electron chi connectivity index (χ4n) is 2.34. The number of benzene rings is 1. The Kier molecular flexibility index (Phi) is 2.82. The second-order valence-electron chi connectivity index (χ2n) is 4.55. The van der Waals surface area contributed by atoms with Crippen molar-refractivity contribution in [2.45, 2.75) is 6.92 Å². The summed E-state index contributed by atoms with van der Waals surface area (Å²) in [6, 6.07) is 9.94. The maximum atomic E-state index is 11.8. The number of aryl methyl sites for hydroxylation is 2. The predicted molar refractivity (Wildman–Crippen MR) is 74.5 cm³/mol. The Hall–Kier alpha value is -2.56. The highest BCUT2D eigenvalue weighted by molar-refractivity contribution is 5.95. The molecule has 0 N–H and O–H groups in total. The first-order valence-electron chi connectivity index (χ1n) is 6.22. The zero-order chi connectivity index (χ0) is 14.3. The van der Waals surface area contributed by atoms with Crippen LogP contribution in [0.3, 0.4) is 0 Å². The number of hydrogen-bond donors (Lipinski definition) is 0. The van der Waals surface area contributed by atoms with Crippen LogP contribution >= 0.6 is 0 Å². The number of hydrogen-bond acceptors (Lipinski definition) is 4. The van der Waals surface area contributed by atoms with E-state index in [9.17, 15) is 4.79 Å². The summed E-state index contributed by atoms with van der Waals surface area (Å²) in [7, 11) is 3.26. The monoisotopic (exact) mass is 270 g/mol. The van der Waals surface area contributed by atoms with Gasteiger partial charge in [0, 0.05) is 24.9 Å². The van der Waals surface area contributed by atoms with Crippen molar-refractivity contribution in [1.29, 1.82) is 0 Å². The molecular weight excluding hydrogens is 256 g/mol. The molecule has 102 valence electrons. The molecule has 20 heavy (non-hydrogen) atoms. The molecule has 5 nitrogen and oxygen atoms in total. The summed E-state index contributed by atoms with van der Waals surface area (Å²) in [5.41, 5.74) is 2.07. The van der Waals surface area contributed by atoms with Gasteiger partial charge in [-0.05, 0) is 12.1 Å². The number of rotatable bonds is 2. The zero-order valence-electron chi connectivity index (χ0n) is 11.5.